The minimum Gasteiger partial charge on any atom is -0.339 e. The van der Waals surface area contributed by atoms with Crippen LogP contribution in [0.25, 0.3) is 0 Å². The van der Waals surface area contributed by atoms with Gasteiger partial charge in [-0.3, -0.25) is 9.59 Å². The molecule has 3 unspecified atom stereocenters. The van der Waals surface area contributed by atoms with Gasteiger partial charge < -0.3 is 9.80 Å². The lowest BCUT2D eigenvalue weighted by molar-refractivity contribution is -0.671. The van der Waals surface area contributed by atoms with Gasteiger partial charge in [-0.05, 0) is 65.6 Å². The van der Waals surface area contributed by atoms with E-state index in [9.17, 15) is 9.59 Å². The molecule has 0 aliphatic carbocycles. The van der Waals surface area contributed by atoms with Crippen molar-refractivity contribution in [1.82, 2.24) is 14.4 Å². The molecule has 0 bridgehead atoms. The molecule has 3 rings (SSSR count). The minimum absolute atomic E-state index is 0.0600. The van der Waals surface area contributed by atoms with E-state index in [1.807, 2.05) is 0 Å². The Morgan fingerprint density at radius 1 is 0.702 bits per heavy atom. The predicted octanol–water partition coefficient (Wildman–Crippen LogP) is 9.15. The summed E-state index contributed by atoms with van der Waals surface area (Å²) in [6.07, 6.45) is 16.7. The molecule has 0 radical (unpaired) electrons. The fourth-order valence-corrected chi connectivity index (χ4v) is 8.33. The first kappa shape index (κ1) is 39.3. The van der Waals surface area contributed by atoms with Gasteiger partial charge in [-0.1, -0.05) is 103 Å². The molecule has 1 aromatic rings. The Morgan fingerprint density at radius 3 is 1.62 bits per heavy atom. The van der Waals surface area contributed by atoms with Crippen LogP contribution in [0.4, 0.5) is 0 Å². The molecule has 3 heterocycles. The summed E-state index contributed by atoms with van der Waals surface area (Å²) in [6.45, 7) is 36.8. The molecule has 0 aromatic carbocycles. The minimum atomic E-state index is -0.220. The van der Waals surface area contributed by atoms with Gasteiger partial charge in [0.1, 0.15) is 18.4 Å². The van der Waals surface area contributed by atoms with Crippen molar-refractivity contribution in [2.45, 2.75) is 166 Å². The molecule has 0 saturated carbocycles. The van der Waals surface area contributed by atoms with E-state index >= 15 is 0 Å². The van der Waals surface area contributed by atoms with Gasteiger partial charge in [-0.25, -0.2) is 9.13 Å². The maximum absolute atomic E-state index is 13.7. The maximum Gasteiger partial charge on any atom is 0.243 e. The molecule has 2 amide bonds. The number of carbonyl (C=O) groups is 2. The fraction of sp³-hybridized carbons (Fsp3) is 0.829. The average Bonchev–Trinajstić information content (AvgIpc) is 3.51. The summed E-state index contributed by atoms with van der Waals surface area (Å²) >= 11 is 0. The number of nitrogens with zero attached hydrogens (tertiary/aromatic N) is 4. The van der Waals surface area contributed by atoms with E-state index in [-0.39, 0.29) is 44.6 Å². The highest BCUT2D eigenvalue weighted by Gasteiger charge is 2.55. The fourth-order valence-electron chi connectivity index (χ4n) is 8.33. The molecule has 3 atom stereocenters. The van der Waals surface area contributed by atoms with Crippen molar-refractivity contribution in [2.24, 2.45) is 39.5 Å². The van der Waals surface area contributed by atoms with E-state index in [2.05, 4.69) is 147 Å². The van der Waals surface area contributed by atoms with Crippen LogP contribution < -0.4 is 4.57 Å². The van der Waals surface area contributed by atoms with Gasteiger partial charge in [0, 0.05) is 43.4 Å². The SMILES string of the molecule is C=CC(C)(C)CC(N1CCCCCC1=O)C(C)(C)C(C)(C)CC(N1CCCC1=O)C(C)(C)C(C)(C)CC(n1cc[n+](C)c1)C(C)(C)C. The molecule has 2 fully saturated rings. The standard InChI is InChI=1S/C41H73N4O2/c1-16-37(5,6)27-32(44-23-19-17-18-21-34(44)46)40(11,12)39(9,10)29-33(45-24-20-22-35(45)47)41(13,14)38(7,8)28-31(36(2,3)4)43-26-25-42(15)30-43/h16,25-26,30-33H,1,17-24,27-29H2,2-15H3/q+1. The summed E-state index contributed by atoms with van der Waals surface area (Å²) in [4.78, 5) is 31.9. The van der Waals surface area contributed by atoms with Crippen molar-refractivity contribution in [2.75, 3.05) is 13.1 Å². The Balaban J connectivity index is 2.08. The van der Waals surface area contributed by atoms with Crippen molar-refractivity contribution >= 4 is 11.8 Å². The first-order chi connectivity index (χ1) is 21.4. The molecule has 0 spiro atoms. The Hall–Kier alpha value is -2.11. The highest BCUT2D eigenvalue weighted by molar-refractivity contribution is 5.78. The van der Waals surface area contributed by atoms with E-state index in [4.69, 9.17) is 0 Å². The molecular weight excluding hydrogens is 580 g/mol. The number of carbonyl (C=O) groups excluding carboxylic acids is 2. The number of hydrogen-bond acceptors (Lipinski definition) is 2. The molecule has 2 aliphatic rings. The van der Waals surface area contributed by atoms with Gasteiger partial charge >= 0.3 is 0 Å². The van der Waals surface area contributed by atoms with Crippen LogP contribution >= 0.6 is 0 Å². The second-order valence-electron chi connectivity index (χ2n) is 19.5. The molecule has 268 valence electrons. The Bertz CT molecular complexity index is 1240. The molecule has 1 aromatic heterocycles. The topological polar surface area (TPSA) is 49.4 Å². The second-order valence-corrected chi connectivity index (χ2v) is 19.5. The van der Waals surface area contributed by atoms with E-state index in [0.29, 0.717) is 30.7 Å². The summed E-state index contributed by atoms with van der Waals surface area (Å²) in [5, 5.41) is 0. The summed E-state index contributed by atoms with van der Waals surface area (Å²) < 4.78 is 4.53. The van der Waals surface area contributed by atoms with Crippen LogP contribution in [-0.2, 0) is 16.6 Å². The van der Waals surface area contributed by atoms with Crippen molar-refractivity contribution < 1.29 is 14.2 Å². The third-order valence-electron chi connectivity index (χ3n) is 13.5. The number of likely N-dealkylation sites (tertiary alicyclic amines) is 2. The van der Waals surface area contributed by atoms with E-state index in [0.717, 1.165) is 58.0 Å². The maximum atomic E-state index is 13.7. The number of allylic oxidation sites excluding steroid dienone is 1. The molecule has 6 nitrogen and oxygen atoms in total. The van der Waals surface area contributed by atoms with Gasteiger partial charge in [-0.15, -0.1) is 6.58 Å². The molecule has 2 aliphatic heterocycles. The van der Waals surface area contributed by atoms with E-state index in [1.54, 1.807) is 0 Å². The highest BCUT2D eigenvalue weighted by Crippen LogP contribution is 2.56. The van der Waals surface area contributed by atoms with E-state index < -0.39 is 0 Å². The number of hydrogen-bond donors (Lipinski definition) is 0. The normalized spacial score (nSPS) is 20.0. The summed E-state index contributed by atoms with van der Waals surface area (Å²) in [7, 11) is 2.09. The molecule has 6 heteroatoms. The Kier molecular flexibility index (Phi) is 11.7. The van der Waals surface area contributed by atoms with Crippen LogP contribution in [0.3, 0.4) is 0 Å². The first-order valence-corrected chi connectivity index (χ1v) is 18.6. The quantitative estimate of drug-likeness (QED) is 0.149. The lowest BCUT2D eigenvalue weighted by Crippen LogP contribution is -2.59. The van der Waals surface area contributed by atoms with Crippen molar-refractivity contribution in [1.29, 1.82) is 0 Å². The molecule has 2 saturated heterocycles. The summed E-state index contributed by atoms with van der Waals surface area (Å²) in [5.74, 6) is 0.597. The monoisotopic (exact) mass is 654 g/mol. The summed E-state index contributed by atoms with van der Waals surface area (Å²) in [6, 6.07) is 0.440. The van der Waals surface area contributed by atoms with Crippen LogP contribution in [0.2, 0.25) is 0 Å². The van der Waals surface area contributed by atoms with Crippen LogP contribution in [0.15, 0.2) is 31.4 Å². The predicted molar refractivity (Wildman–Crippen MR) is 196 cm³/mol. The molecular formula is C41H73N4O2+. The zero-order chi connectivity index (χ0) is 35.8. The van der Waals surface area contributed by atoms with Crippen molar-refractivity contribution in [3.8, 4) is 0 Å². The Labute approximate surface area is 289 Å². The lowest BCUT2D eigenvalue weighted by atomic mass is 9.53. The number of aromatic nitrogens is 2. The lowest BCUT2D eigenvalue weighted by Gasteiger charge is -2.57. The third-order valence-corrected chi connectivity index (χ3v) is 13.5. The highest BCUT2D eigenvalue weighted by atomic mass is 16.2. The molecule has 47 heavy (non-hydrogen) atoms. The van der Waals surface area contributed by atoms with Gasteiger partial charge in [0.05, 0.1) is 7.05 Å². The smallest absolute Gasteiger partial charge is 0.243 e. The number of amides is 2. The average molecular weight is 654 g/mol. The van der Waals surface area contributed by atoms with Gasteiger partial charge in [0.25, 0.3) is 0 Å². The Morgan fingerprint density at radius 2 is 1.17 bits per heavy atom. The first-order valence-electron chi connectivity index (χ1n) is 18.6. The number of imidazole rings is 1. The second kappa shape index (κ2) is 14.0. The van der Waals surface area contributed by atoms with E-state index in [1.165, 1.54) is 0 Å². The number of aryl methyl sites for hydroxylation is 1. The van der Waals surface area contributed by atoms with Crippen LogP contribution in [0.5, 0.6) is 0 Å². The third kappa shape index (κ3) is 8.55. The van der Waals surface area contributed by atoms with Gasteiger partial charge in [0.2, 0.25) is 18.1 Å². The zero-order valence-electron chi connectivity index (χ0n) is 33.1. The largest absolute Gasteiger partial charge is 0.339 e. The van der Waals surface area contributed by atoms with Crippen molar-refractivity contribution in [3.63, 3.8) is 0 Å². The van der Waals surface area contributed by atoms with Gasteiger partial charge in [-0.2, -0.15) is 0 Å². The van der Waals surface area contributed by atoms with Crippen LogP contribution in [-0.4, -0.2) is 51.4 Å². The number of rotatable bonds is 14. The zero-order valence-corrected chi connectivity index (χ0v) is 33.1. The molecule has 0 N–H and O–H groups in total. The van der Waals surface area contributed by atoms with Crippen LogP contribution in [0, 0.1) is 32.5 Å². The van der Waals surface area contributed by atoms with Crippen LogP contribution in [0.1, 0.15) is 154 Å². The van der Waals surface area contributed by atoms with Gasteiger partial charge in [0.15, 0.2) is 0 Å². The van der Waals surface area contributed by atoms with Crippen molar-refractivity contribution in [3.05, 3.63) is 31.4 Å². The summed E-state index contributed by atoms with van der Waals surface area (Å²) in [5.41, 5.74) is -0.722.